The third-order valence-corrected chi connectivity index (χ3v) is 2.42. The molecule has 2 aromatic heterocycles. The number of H-pyrrole nitrogens is 1. The Balaban J connectivity index is 2.18. The van der Waals surface area contributed by atoms with Gasteiger partial charge in [-0.25, -0.2) is 9.97 Å². The maximum absolute atomic E-state index is 4.47. The predicted octanol–water partition coefficient (Wildman–Crippen LogP) is 2.33. The lowest BCUT2D eigenvalue weighted by Crippen LogP contribution is -1.89. The van der Waals surface area contributed by atoms with Crippen LogP contribution < -0.4 is 0 Å². The Kier molecular flexibility index (Phi) is 1.93. The number of benzene rings is 1. The molecule has 0 fully saturated rings. The van der Waals surface area contributed by atoms with E-state index in [0.29, 0.717) is 5.82 Å². The number of nitrogens with zero attached hydrogens (tertiary/aromatic N) is 3. The van der Waals surface area contributed by atoms with Crippen molar-refractivity contribution in [3.63, 3.8) is 0 Å². The Hall–Kier alpha value is -2.23. The van der Waals surface area contributed by atoms with E-state index in [4.69, 9.17) is 0 Å². The van der Waals surface area contributed by atoms with Crippen molar-refractivity contribution in [2.75, 3.05) is 0 Å². The maximum atomic E-state index is 4.47. The summed E-state index contributed by atoms with van der Waals surface area (Å²) in [6, 6.07) is 9.85. The Morgan fingerprint density at radius 3 is 2.88 bits per heavy atom. The Morgan fingerprint density at radius 1 is 1.19 bits per heavy atom. The van der Waals surface area contributed by atoms with Gasteiger partial charge in [-0.1, -0.05) is 18.2 Å². The molecule has 0 radical (unpaired) electrons. The van der Waals surface area contributed by atoms with Crippen LogP contribution in [0.4, 0.5) is 0 Å². The van der Waals surface area contributed by atoms with Gasteiger partial charge in [-0.2, -0.15) is 5.10 Å². The molecule has 3 rings (SSSR count). The summed E-state index contributed by atoms with van der Waals surface area (Å²) in [4.78, 5) is 8.76. The fraction of sp³-hybridized carbons (Fsp3) is 0.0833. The summed E-state index contributed by atoms with van der Waals surface area (Å²) in [6.45, 7) is 1.96. The Morgan fingerprint density at radius 2 is 2.06 bits per heavy atom. The van der Waals surface area contributed by atoms with Crippen molar-refractivity contribution in [3.05, 3.63) is 42.2 Å². The van der Waals surface area contributed by atoms with Crippen LogP contribution in [0.15, 0.2) is 36.5 Å². The lowest BCUT2D eigenvalue weighted by atomic mass is 10.2. The average molecular weight is 210 g/mol. The summed E-state index contributed by atoms with van der Waals surface area (Å²) in [7, 11) is 0. The third-order valence-electron chi connectivity index (χ3n) is 2.42. The smallest absolute Gasteiger partial charge is 0.180 e. The van der Waals surface area contributed by atoms with E-state index in [-0.39, 0.29) is 0 Å². The molecule has 0 saturated heterocycles. The quantitative estimate of drug-likeness (QED) is 0.670. The van der Waals surface area contributed by atoms with E-state index < -0.39 is 0 Å². The lowest BCUT2D eigenvalue weighted by Gasteiger charge is -1.98. The van der Waals surface area contributed by atoms with Crippen molar-refractivity contribution in [3.8, 4) is 11.5 Å². The number of nitrogens with one attached hydrogen (secondary N) is 1. The van der Waals surface area contributed by atoms with E-state index in [1.165, 1.54) is 0 Å². The zero-order chi connectivity index (χ0) is 11.0. The lowest BCUT2D eigenvalue weighted by molar-refractivity contribution is 1.04. The molecule has 1 N–H and O–H groups in total. The molecule has 0 atom stereocenters. The van der Waals surface area contributed by atoms with Gasteiger partial charge in [0.15, 0.2) is 5.82 Å². The van der Waals surface area contributed by atoms with Gasteiger partial charge in [0.2, 0.25) is 0 Å². The summed E-state index contributed by atoms with van der Waals surface area (Å²) in [5.74, 6) is 0.656. The average Bonchev–Trinajstić information content (AvgIpc) is 2.75. The first-order chi connectivity index (χ1) is 7.83. The monoisotopic (exact) mass is 210 g/mol. The molecule has 16 heavy (non-hydrogen) atoms. The van der Waals surface area contributed by atoms with Gasteiger partial charge in [0.1, 0.15) is 5.69 Å². The summed E-state index contributed by atoms with van der Waals surface area (Å²) >= 11 is 0. The second kappa shape index (κ2) is 3.41. The van der Waals surface area contributed by atoms with Gasteiger partial charge in [0, 0.05) is 17.3 Å². The van der Waals surface area contributed by atoms with Gasteiger partial charge >= 0.3 is 0 Å². The molecule has 0 bridgehead atoms. The van der Waals surface area contributed by atoms with Crippen molar-refractivity contribution < 1.29 is 0 Å². The molecule has 3 aromatic rings. The molecule has 1 aromatic carbocycles. The molecule has 0 spiro atoms. The fourth-order valence-corrected chi connectivity index (χ4v) is 1.63. The Bertz CT molecular complexity index is 642. The minimum atomic E-state index is 0.656. The van der Waals surface area contributed by atoms with E-state index in [9.17, 15) is 0 Å². The highest BCUT2D eigenvalue weighted by Gasteiger charge is 2.05. The SMILES string of the molecule is Cc1cc(-c2ncc3ccccc3n2)n[nH]1. The van der Waals surface area contributed by atoms with Crippen molar-refractivity contribution in [2.45, 2.75) is 6.92 Å². The van der Waals surface area contributed by atoms with Gasteiger partial charge < -0.3 is 0 Å². The van der Waals surface area contributed by atoms with Crippen LogP contribution in [0.3, 0.4) is 0 Å². The van der Waals surface area contributed by atoms with Crippen LogP contribution in [0.2, 0.25) is 0 Å². The van der Waals surface area contributed by atoms with E-state index in [2.05, 4.69) is 20.2 Å². The second-order valence-electron chi connectivity index (χ2n) is 3.69. The molecule has 4 nitrogen and oxygen atoms in total. The van der Waals surface area contributed by atoms with E-state index in [0.717, 1.165) is 22.3 Å². The molecule has 78 valence electrons. The van der Waals surface area contributed by atoms with Crippen molar-refractivity contribution in [1.82, 2.24) is 20.2 Å². The highest BCUT2D eigenvalue weighted by Crippen LogP contribution is 2.16. The summed E-state index contributed by atoms with van der Waals surface area (Å²) in [5.41, 5.74) is 2.73. The van der Waals surface area contributed by atoms with Crippen LogP contribution in [0, 0.1) is 6.92 Å². The first-order valence-electron chi connectivity index (χ1n) is 5.07. The van der Waals surface area contributed by atoms with Gasteiger partial charge in [0.05, 0.1) is 5.52 Å². The highest BCUT2D eigenvalue weighted by atomic mass is 15.1. The van der Waals surface area contributed by atoms with Crippen LogP contribution in [-0.2, 0) is 0 Å². The van der Waals surface area contributed by atoms with Gasteiger partial charge in [-0.3, -0.25) is 5.10 Å². The maximum Gasteiger partial charge on any atom is 0.180 e. The van der Waals surface area contributed by atoms with Gasteiger partial charge in [-0.05, 0) is 19.1 Å². The topological polar surface area (TPSA) is 54.5 Å². The van der Waals surface area contributed by atoms with Gasteiger partial charge in [-0.15, -0.1) is 0 Å². The largest absolute Gasteiger partial charge is 0.282 e. The number of aromatic amines is 1. The molecule has 0 saturated carbocycles. The van der Waals surface area contributed by atoms with Crippen molar-refractivity contribution in [1.29, 1.82) is 0 Å². The van der Waals surface area contributed by atoms with Crippen LogP contribution in [0.1, 0.15) is 5.69 Å². The number of hydrogen-bond acceptors (Lipinski definition) is 3. The first-order valence-corrected chi connectivity index (χ1v) is 5.07. The highest BCUT2D eigenvalue weighted by molar-refractivity contribution is 5.78. The van der Waals surface area contributed by atoms with E-state index in [1.807, 2.05) is 43.5 Å². The Labute approximate surface area is 92.4 Å². The molecule has 0 amide bonds. The minimum Gasteiger partial charge on any atom is -0.282 e. The molecule has 0 aliphatic rings. The zero-order valence-corrected chi connectivity index (χ0v) is 8.81. The normalized spacial score (nSPS) is 10.8. The van der Waals surface area contributed by atoms with E-state index in [1.54, 1.807) is 0 Å². The summed E-state index contributed by atoms with van der Waals surface area (Å²) in [6.07, 6.45) is 1.82. The van der Waals surface area contributed by atoms with Crippen molar-refractivity contribution in [2.24, 2.45) is 0 Å². The second-order valence-corrected chi connectivity index (χ2v) is 3.69. The molecule has 0 aliphatic carbocycles. The zero-order valence-electron chi connectivity index (χ0n) is 8.81. The number of rotatable bonds is 1. The van der Waals surface area contributed by atoms with Crippen LogP contribution in [0.25, 0.3) is 22.4 Å². The first kappa shape index (κ1) is 9.03. The molecule has 0 aliphatic heterocycles. The molecule has 4 heteroatoms. The van der Waals surface area contributed by atoms with Gasteiger partial charge in [0.25, 0.3) is 0 Å². The predicted molar refractivity (Wildman–Crippen MR) is 61.9 cm³/mol. The van der Waals surface area contributed by atoms with Crippen LogP contribution in [-0.4, -0.2) is 20.2 Å². The van der Waals surface area contributed by atoms with Crippen LogP contribution >= 0.6 is 0 Å². The van der Waals surface area contributed by atoms with Crippen LogP contribution in [0.5, 0.6) is 0 Å². The molecule has 2 heterocycles. The summed E-state index contributed by atoms with van der Waals surface area (Å²) < 4.78 is 0. The minimum absolute atomic E-state index is 0.656. The van der Waals surface area contributed by atoms with Crippen molar-refractivity contribution >= 4 is 10.9 Å². The number of para-hydroxylation sites is 1. The molecule has 0 unspecified atom stereocenters. The number of aryl methyl sites for hydroxylation is 1. The number of fused-ring (bicyclic) bond motifs is 1. The summed E-state index contributed by atoms with van der Waals surface area (Å²) in [5, 5.41) is 8.07. The third kappa shape index (κ3) is 1.44. The molecular formula is C12H10N4. The van der Waals surface area contributed by atoms with E-state index >= 15 is 0 Å². The fourth-order valence-electron chi connectivity index (χ4n) is 1.63. The standard InChI is InChI=1S/C12H10N4/c1-8-6-11(16-15-8)12-13-7-9-4-2-3-5-10(9)14-12/h2-7H,1H3,(H,15,16). The molecular weight excluding hydrogens is 200 g/mol. The number of aromatic nitrogens is 4. The number of hydrogen-bond donors (Lipinski definition) is 1.